The Kier molecular flexibility index (Phi) is 6.09. The van der Waals surface area contributed by atoms with Gasteiger partial charge in [-0.25, -0.2) is 22.8 Å². The van der Waals surface area contributed by atoms with Gasteiger partial charge in [0.05, 0.1) is 23.2 Å². The van der Waals surface area contributed by atoms with Gasteiger partial charge in [-0.3, -0.25) is 9.40 Å². The van der Waals surface area contributed by atoms with Gasteiger partial charge in [-0.1, -0.05) is 23.4 Å². The van der Waals surface area contributed by atoms with Gasteiger partial charge in [-0.15, -0.1) is 0 Å². The molecule has 0 spiro atoms. The van der Waals surface area contributed by atoms with Crippen molar-refractivity contribution in [1.82, 2.24) is 24.9 Å². The Balaban J connectivity index is 1.74. The van der Waals surface area contributed by atoms with Gasteiger partial charge in [0.15, 0.2) is 11.6 Å². The van der Waals surface area contributed by atoms with Crippen molar-refractivity contribution >= 4 is 21.5 Å². The van der Waals surface area contributed by atoms with Gasteiger partial charge in [-0.05, 0) is 32.9 Å². The minimum absolute atomic E-state index is 0.150. The zero-order chi connectivity index (χ0) is 24.5. The van der Waals surface area contributed by atoms with Crippen molar-refractivity contribution in [1.29, 1.82) is 0 Å². The topological polar surface area (TPSA) is 128 Å². The molecule has 10 nitrogen and oxygen atoms in total. The summed E-state index contributed by atoms with van der Waals surface area (Å²) in [5.74, 6) is 0.180. The van der Waals surface area contributed by atoms with Crippen molar-refractivity contribution in [2.75, 3.05) is 17.1 Å². The van der Waals surface area contributed by atoms with Crippen molar-refractivity contribution in [3.05, 3.63) is 60.2 Å². The maximum absolute atomic E-state index is 14.3. The SMILES string of the molecule is CNc1nc(-c2cc(-c3ccon3)n(Cc3ccccc3F)n2)ncc1NS(=O)(=O)C(C)(C)C. The van der Waals surface area contributed by atoms with Crippen LogP contribution in [0.15, 0.2) is 53.4 Å². The Morgan fingerprint density at radius 2 is 1.91 bits per heavy atom. The largest absolute Gasteiger partial charge is 0.371 e. The van der Waals surface area contributed by atoms with Gasteiger partial charge < -0.3 is 9.84 Å². The molecule has 0 aliphatic rings. The van der Waals surface area contributed by atoms with E-state index in [0.29, 0.717) is 22.6 Å². The van der Waals surface area contributed by atoms with Crippen molar-refractivity contribution in [2.24, 2.45) is 0 Å². The third-order valence-electron chi connectivity index (χ3n) is 5.06. The van der Waals surface area contributed by atoms with E-state index in [1.165, 1.54) is 18.5 Å². The average Bonchev–Trinajstić information content (AvgIpc) is 3.44. The van der Waals surface area contributed by atoms with E-state index in [4.69, 9.17) is 4.52 Å². The van der Waals surface area contributed by atoms with Crippen LogP contribution >= 0.6 is 0 Å². The Hall–Kier alpha value is -3.80. The molecule has 0 amide bonds. The van der Waals surface area contributed by atoms with Crippen molar-refractivity contribution in [3.8, 4) is 22.9 Å². The first-order valence-corrected chi connectivity index (χ1v) is 11.9. The third kappa shape index (κ3) is 4.62. The molecule has 3 heterocycles. The van der Waals surface area contributed by atoms with Gasteiger partial charge in [0.25, 0.3) is 0 Å². The van der Waals surface area contributed by atoms with Crippen LogP contribution in [0.2, 0.25) is 0 Å². The van der Waals surface area contributed by atoms with Gasteiger partial charge >= 0.3 is 0 Å². The fraction of sp³-hybridized carbons (Fsp3) is 0.273. The minimum atomic E-state index is -3.68. The lowest BCUT2D eigenvalue weighted by atomic mass is 10.2. The molecule has 0 bridgehead atoms. The lowest BCUT2D eigenvalue weighted by Crippen LogP contribution is -2.34. The van der Waals surface area contributed by atoms with Crippen LogP contribution in [-0.2, 0) is 16.6 Å². The minimum Gasteiger partial charge on any atom is -0.371 e. The van der Waals surface area contributed by atoms with E-state index >= 15 is 0 Å². The number of hydrogen-bond acceptors (Lipinski definition) is 8. The molecule has 2 N–H and O–H groups in total. The first-order chi connectivity index (χ1) is 16.1. The second kappa shape index (κ2) is 8.86. The molecular formula is C22H24FN7O3S. The Morgan fingerprint density at radius 3 is 2.56 bits per heavy atom. The maximum Gasteiger partial charge on any atom is 0.237 e. The van der Waals surface area contributed by atoms with Crippen LogP contribution in [-0.4, -0.2) is 45.1 Å². The number of hydrogen-bond donors (Lipinski definition) is 2. The lowest BCUT2D eigenvalue weighted by molar-refractivity contribution is 0.421. The molecule has 0 saturated carbocycles. The van der Waals surface area contributed by atoms with Crippen LogP contribution in [0.4, 0.5) is 15.9 Å². The summed E-state index contributed by atoms with van der Waals surface area (Å²) in [6.07, 6.45) is 2.81. The summed E-state index contributed by atoms with van der Waals surface area (Å²) in [5, 5.41) is 11.4. The summed E-state index contributed by atoms with van der Waals surface area (Å²) in [7, 11) is -2.05. The molecule has 0 saturated heterocycles. The Bertz CT molecular complexity index is 1410. The molecular weight excluding hydrogens is 461 g/mol. The van der Waals surface area contributed by atoms with Crippen LogP contribution in [0.3, 0.4) is 0 Å². The number of nitrogens with one attached hydrogen (secondary N) is 2. The third-order valence-corrected chi connectivity index (χ3v) is 7.16. The first kappa shape index (κ1) is 23.4. The molecule has 0 atom stereocenters. The second-order valence-corrected chi connectivity index (χ2v) is 10.9. The first-order valence-electron chi connectivity index (χ1n) is 10.4. The van der Waals surface area contributed by atoms with Crippen LogP contribution in [0.5, 0.6) is 0 Å². The molecule has 0 aliphatic heterocycles. The van der Waals surface area contributed by atoms with Crippen LogP contribution in [0.1, 0.15) is 26.3 Å². The van der Waals surface area contributed by atoms with Crippen LogP contribution < -0.4 is 10.0 Å². The van der Waals surface area contributed by atoms with Crippen molar-refractivity contribution in [2.45, 2.75) is 32.1 Å². The number of benzene rings is 1. The molecule has 3 aromatic heterocycles. The van der Waals surface area contributed by atoms with E-state index in [2.05, 4.69) is 30.3 Å². The molecule has 12 heteroatoms. The van der Waals surface area contributed by atoms with E-state index in [9.17, 15) is 12.8 Å². The highest BCUT2D eigenvalue weighted by molar-refractivity contribution is 7.94. The number of nitrogens with zero attached hydrogens (tertiary/aromatic N) is 5. The summed E-state index contributed by atoms with van der Waals surface area (Å²) in [5.41, 5.74) is 2.16. The van der Waals surface area contributed by atoms with E-state index in [-0.39, 0.29) is 29.7 Å². The van der Waals surface area contributed by atoms with Crippen molar-refractivity contribution < 1.29 is 17.3 Å². The number of sulfonamides is 1. The van der Waals surface area contributed by atoms with Gasteiger partial charge in [-0.2, -0.15) is 5.10 Å². The van der Waals surface area contributed by atoms with E-state index in [0.717, 1.165) is 0 Å². The lowest BCUT2D eigenvalue weighted by Gasteiger charge is -2.21. The summed E-state index contributed by atoms with van der Waals surface area (Å²) >= 11 is 0. The predicted octanol–water partition coefficient (Wildman–Crippen LogP) is 3.76. The highest BCUT2D eigenvalue weighted by Gasteiger charge is 2.30. The molecule has 34 heavy (non-hydrogen) atoms. The van der Waals surface area contributed by atoms with E-state index in [1.54, 1.807) is 62.8 Å². The zero-order valence-electron chi connectivity index (χ0n) is 19.1. The molecule has 0 unspecified atom stereocenters. The standard InChI is InChI=1S/C22H24FN7O3S/c1-22(2,3)34(31,32)29-18-12-25-21(26-20(18)24-4)17-11-19(16-9-10-33-28-16)30(27-17)13-14-7-5-6-8-15(14)23/h5-12,29H,13H2,1-4H3,(H,24,25,26). The van der Waals surface area contributed by atoms with Gasteiger partial charge in [0, 0.05) is 18.7 Å². The van der Waals surface area contributed by atoms with Crippen LogP contribution in [0.25, 0.3) is 22.9 Å². The number of rotatable bonds is 7. The molecule has 4 aromatic rings. The van der Waals surface area contributed by atoms with Crippen molar-refractivity contribution in [3.63, 3.8) is 0 Å². The number of anilines is 2. The van der Waals surface area contributed by atoms with Gasteiger partial charge in [0.1, 0.15) is 29.2 Å². The molecule has 0 aliphatic carbocycles. The molecule has 0 radical (unpaired) electrons. The summed E-state index contributed by atoms with van der Waals surface area (Å²) in [6.45, 7) is 4.93. The smallest absolute Gasteiger partial charge is 0.237 e. The van der Waals surface area contributed by atoms with Gasteiger partial charge in [0.2, 0.25) is 10.0 Å². The highest BCUT2D eigenvalue weighted by Crippen LogP contribution is 2.29. The zero-order valence-corrected chi connectivity index (χ0v) is 19.9. The average molecular weight is 486 g/mol. The summed E-state index contributed by atoms with van der Waals surface area (Å²) in [4.78, 5) is 8.76. The Morgan fingerprint density at radius 1 is 1.15 bits per heavy atom. The molecule has 0 fully saturated rings. The quantitative estimate of drug-likeness (QED) is 0.405. The fourth-order valence-corrected chi connectivity index (χ4v) is 3.80. The monoisotopic (exact) mass is 485 g/mol. The molecule has 178 valence electrons. The van der Waals surface area contributed by atoms with E-state index in [1.807, 2.05) is 0 Å². The highest BCUT2D eigenvalue weighted by atomic mass is 32.2. The molecule has 1 aromatic carbocycles. The van der Waals surface area contributed by atoms with E-state index < -0.39 is 14.8 Å². The summed E-state index contributed by atoms with van der Waals surface area (Å²) in [6, 6.07) is 9.81. The maximum atomic E-state index is 14.3. The Labute approximate surface area is 196 Å². The number of aromatic nitrogens is 5. The summed E-state index contributed by atoms with van der Waals surface area (Å²) < 4.78 is 47.5. The predicted molar refractivity (Wildman–Crippen MR) is 126 cm³/mol. The van der Waals surface area contributed by atoms with Crippen LogP contribution in [0, 0.1) is 5.82 Å². The molecule has 4 rings (SSSR count). The number of halogens is 1. The second-order valence-electron chi connectivity index (χ2n) is 8.47. The fourth-order valence-electron chi connectivity index (χ4n) is 3.05. The normalized spacial score (nSPS) is 12.0.